The first kappa shape index (κ1) is 7.79. The smallest absolute Gasteiger partial charge is 0.327 e. The fraction of sp³-hybridized carbons (Fsp3) is 0.222. The van der Waals surface area contributed by atoms with Gasteiger partial charge in [0.1, 0.15) is 0 Å². The van der Waals surface area contributed by atoms with Crippen LogP contribution in [-0.2, 0) is 4.79 Å². The lowest BCUT2D eigenvalue weighted by molar-refractivity contribution is -0.131. The van der Waals surface area contributed by atoms with E-state index in [9.17, 15) is 4.79 Å². The summed E-state index contributed by atoms with van der Waals surface area (Å²) >= 11 is 0. The van der Waals surface area contributed by atoms with Crippen LogP contribution in [0.3, 0.4) is 0 Å². The molecule has 0 spiro atoms. The monoisotopic (exact) mass is 150 g/mol. The summed E-state index contributed by atoms with van der Waals surface area (Å²) < 4.78 is 0. The van der Waals surface area contributed by atoms with Gasteiger partial charge < -0.3 is 5.11 Å². The molecule has 1 N–H and O–H groups in total. The predicted molar refractivity (Wildman–Crippen MR) is 43.2 cm³/mol. The Morgan fingerprint density at radius 3 is 2.91 bits per heavy atom. The molecule has 0 aliphatic heterocycles. The Morgan fingerprint density at radius 1 is 1.55 bits per heavy atom. The third-order valence-electron chi connectivity index (χ3n) is 1.50. The van der Waals surface area contributed by atoms with Crippen molar-refractivity contribution in [3.63, 3.8) is 0 Å². The maximum atomic E-state index is 10.1. The van der Waals surface area contributed by atoms with E-state index in [2.05, 4.69) is 0 Å². The van der Waals surface area contributed by atoms with E-state index in [1.54, 1.807) is 6.08 Å². The maximum absolute atomic E-state index is 10.1. The molecule has 0 heterocycles. The number of allylic oxidation sites excluding steroid dienone is 5. The highest BCUT2D eigenvalue weighted by atomic mass is 16.4. The molecule has 0 fully saturated rings. The minimum Gasteiger partial charge on any atom is -0.478 e. The topological polar surface area (TPSA) is 37.3 Å². The quantitative estimate of drug-likeness (QED) is 0.609. The van der Waals surface area contributed by atoms with E-state index in [-0.39, 0.29) is 5.92 Å². The van der Waals surface area contributed by atoms with Gasteiger partial charge in [0.2, 0.25) is 0 Å². The molecule has 2 nitrogen and oxygen atoms in total. The van der Waals surface area contributed by atoms with Gasteiger partial charge in [0.05, 0.1) is 0 Å². The lowest BCUT2D eigenvalue weighted by Gasteiger charge is -2.05. The Bertz CT molecular complexity index is 224. The van der Waals surface area contributed by atoms with Gasteiger partial charge >= 0.3 is 5.97 Å². The van der Waals surface area contributed by atoms with Crippen molar-refractivity contribution >= 4 is 5.97 Å². The van der Waals surface area contributed by atoms with E-state index >= 15 is 0 Å². The molecule has 2 heteroatoms. The van der Waals surface area contributed by atoms with Crippen molar-refractivity contribution in [2.24, 2.45) is 5.92 Å². The number of rotatable bonds is 2. The third kappa shape index (κ3) is 2.85. The average molecular weight is 150 g/mol. The zero-order valence-electron chi connectivity index (χ0n) is 6.10. The standard InChI is InChI=1S/C9H10O2/c10-9(11)7-6-8-4-2-1-3-5-8/h1-4,6-8H,5H2,(H,10,11). The zero-order valence-corrected chi connectivity index (χ0v) is 6.10. The van der Waals surface area contributed by atoms with Crippen molar-refractivity contribution in [2.45, 2.75) is 6.42 Å². The van der Waals surface area contributed by atoms with Crippen molar-refractivity contribution < 1.29 is 9.90 Å². The second kappa shape index (κ2) is 3.76. The molecule has 0 aromatic carbocycles. The van der Waals surface area contributed by atoms with Crippen LogP contribution in [0.2, 0.25) is 0 Å². The summed E-state index contributed by atoms with van der Waals surface area (Å²) in [4.78, 5) is 10.1. The highest BCUT2D eigenvalue weighted by molar-refractivity contribution is 5.79. The van der Waals surface area contributed by atoms with Crippen molar-refractivity contribution in [1.82, 2.24) is 0 Å². The second-order valence-corrected chi connectivity index (χ2v) is 2.41. The predicted octanol–water partition coefficient (Wildman–Crippen LogP) is 1.76. The molecule has 58 valence electrons. The lowest BCUT2D eigenvalue weighted by atomic mass is 10.0. The molecule has 0 aromatic heterocycles. The number of hydrogen-bond donors (Lipinski definition) is 1. The van der Waals surface area contributed by atoms with Gasteiger partial charge in [0.25, 0.3) is 0 Å². The Labute approximate surface area is 65.5 Å². The molecule has 1 aliphatic rings. The van der Waals surface area contributed by atoms with Crippen molar-refractivity contribution in [2.75, 3.05) is 0 Å². The van der Waals surface area contributed by atoms with Crippen LogP contribution in [0.5, 0.6) is 0 Å². The van der Waals surface area contributed by atoms with Gasteiger partial charge in [0, 0.05) is 6.08 Å². The van der Waals surface area contributed by atoms with Gasteiger partial charge in [0.15, 0.2) is 0 Å². The fourth-order valence-corrected chi connectivity index (χ4v) is 0.948. The first-order valence-corrected chi connectivity index (χ1v) is 3.53. The molecule has 1 rings (SSSR count). The van der Waals surface area contributed by atoms with Crippen LogP contribution in [0.4, 0.5) is 0 Å². The van der Waals surface area contributed by atoms with Crippen LogP contribution >= 0.6 is 0 Å². The van der Waals surface area contributed by atoms with E-state index in [1.165, 1.54) is 6.08 Å². The highest BCUT2D eigenvalue weighted by Gasteiger charge is 1.99. The molecular formula is C9H10O2. The van der Waals surface area contributed by atoms with Gasteiger partial charge in [-0.1, -0.05) is 30.4 Å². The third-order valence-corrected chi connectivity index (χ3v) is 1.50. The first-order chi connectivity index (χ1) is 5.29. The van der Waals surface area contributed by atoms with E-state index in [0.717, 1.165) is 6.42 Å². The zero-order chi connectivity index (χ0) is 8.10. The number of carbonyl (C=O) groups is 1. The number of aliphatic carboxylic acids is 1. The van der Waals surface area contributed by atoms with Gasteiger partial charge in [-0.2, -0.15) is 0 Å². The highest BCUT2D eigenvalue weighted by Crippen LogP contribution is 2.12. The summed E-state index contributed by atoms with van der Waals surface area (Å²) in [7, 11) is 0. The molecule has 0 bridgehead atoms. The van der Waals surface area contributed by atoms with Crippen LogP contribution in [-0.4, -0.2) is 11.1 Å². The summed E-state index contributed by atoms with van der Waals surface area (Å²) in [6, 6.07) is 0. The molecule has 0 saturated carbocycles. The van der Waals surface area contributed by atoms with Gasteiger partial charge in [-0.05, 0) is 12.3 Å². The van der Waals surface area contributed by atoms with Crippen molar-refractivity contribution in [3.05, 3.63) is 36.5 Å². The van der Waals surface area contributed by atoms with Gasteiger partial charge in [-0.3, -0.25) is 0 Å². The van der Waals surface area contributed by atoms with Crippen LogP contribution in [0.1, 0.15) is 6.42 Å². The van der Waals surface area contributed by atoms with Crippen LogP contribution in [0.25, 0.3) is 0 Å². The minimum atomic E-state index is -0.882. The molecule has 0 amide bonds. The summed E-state index contributed by atoms with van der Waals surface area (Å²) in [5.41, 5.74) is 0. The summed E-state index contributed by atoms with van der Waals surface area (Å²) in [5.74, 6) is -0.621. The molecule has 1 atom stereocenters. The Balaban J connectivity index is 2.44. The molecule has 0 saturated heterocycles. The van der Waals surface area contributed by atoms with E-state index < -0.39 is 5.97 Å². The summed E-state index contributed by atoms with van der Waals surface area (Å²) in [5, 5.41) is 8.32. The summed E-state index contributed by atoms with van der Waals surface area (Å²) in [6.45, 7) is 0. The SMILES string of the molecule is O=C(O)C=CC1C=CC=CC1. The molecule has 11 heavy (non-hydrogen) atoms. The van der Waals surface area contributed by atoms with Crippen molar-refractivity contribution in [1.29, 1.82) is 0 Å². The molecule has 0 radical (unpaired) electrons. The molecule has 1 aliphatic carbocycles. The maximum Gasteiger partial charge on any atom is 0.327 e. The average Bonchev–Trinajstić information content (AvgIpc) is 2.03. The second-order valence-electron chi connectivity index (χ2n) is 2.41. The number of carboxylic acids is 1. The van der Waals surface area contributed by atoms with Crippen molar-refractivity contribution in [3.8, 4) is 0 Å². The molecule has 0 aromatic rings. The Morgan fingerprint density at radius 2 is 2.36 bits per heavy atom. The summed E-state index contributed by atoms with van der Waals surface area (Å²) in [6.07, 6.45) is 11.7. The fourth-order valence-electron chi connectivity index (χ4n) is 0.948. The Kier molecular flexibility index (Phi) is 2.66. The first-order valence-electron chi connectivity index (χ1n) is 3.53. The van der Waals surface area contributed by atoms with E-state index in [4.69, 9.17) is 5.11 Å². The van der Waals surface area contributed by atoms with Crippen LogP contribution in [0.15, 0.2) is 36.5 Å². The number of carboxylic acid groups (broad SMARTS) is 1. The van der Waals surface area contributed by atoms with Gasteiger partial charge in [-0.15, -0.1) is 0 Å². The molecular weight excluding hydrogens is 140 g/mol. The normalized spacial score (nSPS) is 22.7. The number of hydrogen-bond acceptors (Lipinski definition) is 1. The van der Waals surface area contributed by atoms with Gasteiger partial charge in [-0.25, -0.2) is 4.79 Å². The van der Waals surface area contributed by atoms with E-state index in [0.29, 0.717) is 0 Å². The van der Waals surface area contributed by atoms with Crippen LogP contribution in [0, 0.1) is 5.92 Å². The Hall–Kier alpha value is -1.31. The minimum absolute atomic E-state index is 0.260. The van der Waals surface area contributed by atoms with E-state index in [1.807, 2.05) is 24.3 Å². The van der Waals surface area contributed by atoms with Crippen LogP contribution < -0.4 is 0 Å². The lowest BCUT2D eigenvalue weighted by Crippen LogP contribution is -1.94. The molecule has 1 unspecified atom stereocenters. The largest absolute Gasteiger partial charge is 0.478 e.